The number of carbonyl (C=O) groups excluding carboxylic acids is 2. The van der Waals surface area contributed by atoms with Crippen LogP contribution in [0.3, 0.4) is 0 Å². The highest BCUT2D eigenvalue weighted by Crippen LogP contribution is 2.16. The minimum absolute atomic E-state index is 0.0271. The largest absolute Gasteiger partial charge is 0.375 e. The molecule has 0 bridgehead atoms. The second-order valence-corrected chi connectivity index (χ2v) is 6.22. The molecule has 5 nitrogen and oxygen atoms in total. The van der Waals surface area contributed by atoms with Gasteiger partial charge in [-0.05, 0) is 37.1 Å². The second kappa shape index (κ2) is 10.7. The van der Waals surface area contributed by atoms with E-state index in [0.717, 1.165) is 44.3 Å². The molecular weight excluding hydrogens is 302 g/mol. The number of hydrogen-bond donors (Lipinski definition) is 1. The van der Waals surface area contributed by atoms with Gasteiger partial charge in [0.15, 0.2) is 0 Å². The summed E-state index contributed by atoms with van der Waals surface area (Å²) in [5, 5.41) is 0. The van der Waals surface area contributed by atoms with Crippen LogP contribution < -0.4 is 10.6 Å². The predicted octanol–water partition coefficient (Wildman–Crippen LogP) is 3.04. The number of nitrogens with zero attached hydrogens (tertiary/aromatic N) is 2. The van der Waals surface area contributed by atoms with E-state index in [1.807, 2.05) is 24.3 Å². The molecule has 2 amide bonds. The first-order chi connectivity index (χ1) is 11.5. The van der Waals surface area contributed by atoms with Gasteiger partial charge in [0.25, 0.3) is 5.91 Å². The first-order valence-corrected chi connectivity index (χ1v) is 8.88. The Morgan fingerprint density at radius 1 is 0.958 bits per heavy atom. The zero-order chi connectivity index (χ0) is 17.9. The van der Waals surface area contributed by atoms with Crippen molar-refractivity contribution in [3.05, 3.63) is 29.8 Å². The number of amides is 2. The van der Waals surface area contributed by atoms with Crippen LogP contribution in [-0.4, -0.2) is 43.4 Å². The van der Waals surface area contributed by atoms with Gasteiger partial charge in [0.1, 0.15) is 0 Å². The Hall–Kier alpha value is -2.04. The van der Waals surface area contributed by atoms with Crippen LogP contribution in [0.5, 0.6) is 0 Å². The van der Waals surface area contributed by atoms with Gasteiger partial charge < -0.3 is 15.5 Å². The van der Waals surface area contributed by atoms with Crippen molar-refractivity contribution in [1.29, 1.82) is 0 Å². The molecule has 0 fully saturated rings. The third kappa shape index (κ3) is 6.60. The average Bonchev–Trinajstić information content (AvgIpc) is 2.58. The van der Waals surface area contributed by atoms with Gasteiger partial charge in [-0.15, -0.1) is 0 Å². The fraction of sp³-hybridized carbons (Fsp3) is 0.579. The Bertz CT molecular complexity index is 514. The molecule has 24 heavy (non-hydrogen) atoms. The molecule has 0 spiro atoms. The summed E-state index contributed by atoms with van der Waals surface area (Å²) in [5.41, 5.74) is 6.97. The van der Waals surface area contributed by atoms with Crippen LogP contribution in [0.2, 0.25) is 0 Å². The summed E-state index contributed by atoms with van der Waals surface area (Å²) in [6.45, 7) is 5.80. The predicted molar refractivity (Wildman–Crippen MR) is 99.2 cm³/mol. The first kappa shape index (κ1) is 20.0. The SMILES string of the molecule is CCCCCN(CC(N)=O)C(=O)c1ccc(N(C)CCCC)cc1. The number of rotatable bonds is 11. The third-order valence-corrected chi connectivity index (χ3v) is 4.07. The molecule has 5 heteroatoms. The lowest BCUT2D eigenvalue weighted by atomic mass is 10.1. The fourth-order valence-corrected chi connectivity index (χ4v) is 2.56. The number of anilines is 1. The summed E-state index contributed by atoms with van der Waals surface area (Å²) in [6, 6.07) is 7.57. The van der Waals surface area contributed by atoms with Gasteiger partial charge in [-0.1, -0.05) is 33.1 Å². The van der Waals surface area contributed by atoms with E-state index in [-0.39, 0.29) is 12.5 Å². The Morgan fingerprint density at radius 3 is 2.12 bits per heavy atom. The highest BCUT2D eigenvalue weighted by Gasteiger charge is 2.17. The lowest BCUT2D eigenvalue weighted by molar-refractivity contribution is -0.118. The van der Waals surface area contributed by atoms with Gasteiger partial charge in [-0.25, -0.2) is 0 Å². The lowest BCUT2D eigenvalue weighted by Gasteiger charge is -2.22. The molecule has 0 saturated heterocycles. The van der Waals surface area contributed by atoms with Gasteiger partial charge in [0.05, 0.1) is 6.54 Å². The van der Waals surface area contributed by atoms with Crippen molar-refractivity contribution in [2.45, 2.75) is 46.0 Å². The molecule has 0 heterocycles. The summed E-state index contributed by atoms with van der Waals surface area (Å²) in [5.74, 6) is -0.608. The average molecular weight is 333 g/mol. The van der Waals surface area contributed by atoms with Gasteiger partial charge in [-0.3, -0.25) is 9.59 Å². The van der Waals surface area contributed by atoms with E-state index >= 15 is 0 Å². The highest BCUT2D eigenvalue weighted by atomic mass is 16.2. The number of primary amides is 1. The van der Waals surface area contributed by atoms with E-state index in [2.05, 4.69) is 25.8 Å². The minimum Gasteiger partial charge on any atom is -0.375 e. The van der Waals surface area contributed by atoms with E-state index in [1.165, 1.54) is 0 Å². The van der Waals surface area contributed by atoms with Gasteiger partial charge >= 0.3 is 0 Å². The summed E-state index contributed by atoms with van der Waals surface area (Å²) in [6.07, 6.45) is 5.27. The number of hydrogen-bond acceptors (Lipinski definition) is 3. The third-order valence-electron chi connectivity index (χ3n) is 4.07. The van der Waals surface area contributed by atoms with E-state index in [9.17, 15) is 9.59 Å². The number of unbranched alkanes of at least 4 members (excludes halogenated alkanes) is 3. The van der Waals surface area contributed by atoms with Crippen LogP contribution in [0.4, 0.5) is 5.69 Å². The zero-order valence-electron chi connectivity index (χ0n) is 15.3. The van der Waals surface area contributed by atoms with Gasteiger partial charge in [-0.2, -0.15) is 0 Å². The van der Waals surface area contributed by atoms with E-state index in [1.54, 1.807) is 4.90 Å². The van der Waals surface area contributed by atoms with Crippen molar-refractivity contribution in [2.75, 3.05) is 31.6 Å². The number of benzene rings is 1. The van der Waals surface area contributed by atoms with Crippen molar-refractivity contribution in [3.63, 3.8) is 0 Å². The maximum atomic E-state index is 12.6. The van der Waals surface area contributed by atoms with Crippen LogP contribution in [0, 0.1) is 0 Å². The number of carbonyl (C=O) groups is 2. The lowest BCUT2D eigenvalue weighted by Crippen LogP contribution is -2.39. The summed E-state index contributed by atoms with van der Waals surface area (Å²) >= 11 is 0. The number of nitrogens with two attached hydrogens (primary N) is 1. The first-order valence-electron chi connectivity index (χ1n) is 8.88. The van der Waals surface area contributed by atoms with E-state index < -0.39 is 5.91 Å². The minimum atomic E-state index is -0.476. The summed E-state index contributed by atoms with van der Waals surface area (Å²) in [4.78, 5) is 27.6. The molecule has 0 aliphatic heterocycles. The van der Waals surface area contributed by atoms with Crippen molar-refractivity contribution in [2.24, 2.45) is 5.73 Å². The molecule has 1 aromatic carbocycles. The molecule has 134 valence electrons. The standard InChI is InChI=1S/C19H31N3O2/c1-4-6-8-14-22(15-18(20)23)19(24)16-9-11-17(12-10-16)21(3)13-7-5-2/h9-12H,4-8,13-15H2,1-3H3,(H2,20,23). The zero-order valence-corrected chi connectivity index (χ0v) is 15.3. The molecule has 2 N–H and O–H groups in total. The highest BCUT2D eigenvalue weighted by molar-refractivity contribution is 5.96. The fourth-order valence-electron chi connectivity index (χ4n) is 2.56. The van der Waals surface area contributed by atoms with Crippen molar-refractivity contribution >= 4 is 17.5 Å². The smallest absolute Gasteiger partial charge is 0.254 e. The van der Waals surface area contributed by atoms with Crippen molar-refractivity contribution in [1.82, 2.24) is 4.90 Å². The molecule has 0 atom stereocenters. The molecule has 0 aliphatic carbocycles. The Kier molecular flexibility index (Phi) is 8.90. The molecule has 0 unspecified atom stereocenters. The maximum absolute atomic E-state index is 12.6. The monoisotopic (exact) mass is 333 g/mol. The Morgan fingerprint density at radius 2 is 1.58 bits per heavy atom. The normalized spacial score (nSPS) is 10.5. The van der Waals surface area contributed by atoms with Crippen LogP contribution in [0.15, 0.2) is 24.3 Å². The van der Waals surface area contributed by atoms with E-state index in [0.29, 0.717) is 12.1 Å². The van der Waals surface area contributed by atoms with Gasteiger partial charge in [0.2, 0.25) is 5.91 Å². The van der Waals surface area contributed by atoms with Crippen molar-refractivity contribution < 1.29 is 9.59 Å². The topological polar surface area (TPSA) is 66.6 Å². The summed E-state index contributed by atoms with van der Waals surface area (Å²) in [7, 11) is 2.05. The quantitative estimate of drug-likeness (QED) is 0.633. The molecule has 1 aromatic rings. The second-order valence-electron chi connectivity index (χ2n) is 6.22. The van der Waals surface area contributed by atoms with Crippen LogP contribution in [0.25, 0.3) is 0 Å². The molecular formula is C19H31N3O2. The van der Waals surface area contributed by atoms with Crippen LogP contribution in [0.1, 0.15) is 56.3 Å². The van der Waals surface area contributed by atoms with E-state index in [4.69, 9.17) is 5.73 Å². The van der Waals surface area contributed by atoms with Crippen LogP contribution >= 0.6 is 0 Å². The molecule has 0 radical (unpaired) electrons. The van der Waals surface area contributed by atoms with Crippen LogP contribution in [-0.2, 0) is 4.79 Å². The molecule has 0 aliphatic rings. The Labute approximate surface area is 145 Å². The molecule has 1 rings (SSSR count). The maximum Gasteiger partial charge on any atom is 0.254 e. The van der Waals surface area contributed by atoms with Gasteiger partial charge in [0, 0.05) is 31.4 Å². The Balaban J connectivity index is 2.76. The molecule has 0 saturated carbocycles. The summed E-state index contributed by atoms with van der Waals surface area (Å²) < 4.78 is 0. The van der Waals surface area contributed by atoms with Crippen molar-refractivity contribution in [3.8, 4) is 0 Å². The molecule has 0 aromatic heterocycles.